The molecule has 1 aromatic rings. The fraction of sp³-hybridized carbons (Fsp3) is 0.250. The SMILES string of the molecule is CC=CCn1ccc(C(=O)O)n1. The van der Waals surface area contributed by atoms with Gasteiger partial charge >= 0.3 is 5.97 Å². The highest BCUT2D eigenvalue weighted by Gasteiger charge is 2.04. The highest BCUT2D eigenvalue weighted by molar-refractivity contribution is 5.84. The number of carboxylic acids is 1. The van der Waals surface area contributed by atoms with Crippen molar-refractivity contribution in [1.29, 1.82) is 0 Å². The smallest absolute Gasteiger partial charge is 0.356 e. The Kier molecular flexibility index (Phi) is 2.63. The predicted molar refractivity (Wildman–Crippen MR) is 44.0 cm³/mol. The van der Waals surface area contributed by atoms with Crippen LogP contribution in [0.1, 0.15) is 17.4 Å². The lowest BCUT2D eigenvalue weighted by atomic mass is 10.4. The third-order valence-electron chi connectivity index (χ3n) is 1.39. The Hall–Kier alpha value is -1.58. The van der Waals surface area contributed by atoms with Crippen LogP contribution in [0.2, 0.25) is 0 Å². The van der Waals surface area contributed by atoms with Crippen LogP contribution in [0.15, 0.2) is 24.4 Å². The molecule has 0 saturated carbocycles. The standard InChI is InChI=1S/C8H10N2O2/c1-2-3-5-10-6-4-7(9-10)8(11)12/h2-4,6H,5H2,1H3,(H,11,12). The lowest BCUT2D eigenvalue weighted by Gasteiger charge is -1.92. The topological polar surface area (TPSA) is 55.1 Å². The van der Waals surface area contributed by atoms with Crippen LogP contribution in [0, 0.1) is 0 Å². The monoisotopic (exact) mass is 166 g/mol. The van der Waals surface area contributed by atoms with E-state index in [0.29, 0.717) is 6.54 Å². The van der Waals surface area contributed by atoms with E-state index in [1.807, 2.05) is 19.1 Å². The Labute approximate surface area is 70.1 Å². The van der Waals surface area contributed by atoms with Gasteiger partial charge in [-0.3, -0.25) is 4.68 Å². The number of rotatable bonds is 3. The van der Waals surface area contributed by atoms with Crippen molar-refractivity contribution in [2.45, 2.75) is 13.5 Å². The summed E-state index contributed by atoms with van der Waals surface area (Å²) in [5.41, 5.74) is 0.0829. The number of allylic oxidation sites excluding steroid dienone is 2. The van der Waals surface area contributed by atoms with Crippen LogP contribution in [0.5, 0.6) is 0 Å². The molecule has 0 atom stereocenters. The first kappa shape index (κ1) is 8.52. The fourth-order valence-corrected chi connectivity index (χ4v) is 0.791. The highest BCUT2D eigenvalue weighted by atomic mass is 16.4. The second-order valence-electron chi connectivity index (χ2n) is 2.30. The highest BCUT2D eigenvalue weighted by Crippen LogP contribution is 1.95. The summed E-state index contributed by atoms with van der Waals surface area (Å²) in [5.74, 6) is -0.991. The molecule has 0 unspecified atom stereocenters. The first-order valence-corrected chi connectivity index (χ1v) is 3.62. The minimum Gasteiger partial charge on any atom is -0.476 e. The Balaban J connectivity index is 2.70. The summed E-state index contributed by atoms with van der Waals surface area (Å²) >= 11 is 0. The molecule has 0 spiro atoms. The summed E-state index contributed by atoms with van der Waals surface area (Å²) in [6.07, 6.45) is 5.43. The van der Waals surface area contributed by atoms with Crippen LogP contribution in [0.3, 0.4) is 0 Å². The average molecular weight is 166 g/mol. The molecular formula is C8H10N2O2. The van der Waals surface area contributed by atoms with Crippen molar-refractivity contribution >= 4 is 5.97 Å². The minimum absolute atomic E-state index is 0.0829. The maximum absolute atomic E-state index is 10.4. The molecule has 0 bridgehead atoms. The molecule has 0 aliphatic rings. The maximum Gasteiger partial charge on any atom is 0.356 e. The van der Waals surface area contributed by atoms with E-state index < -0.39 is 5.97 Å². The summed E-state index contributed by atoms with van der Waals surface area (Å²) in [5, 5.41) is 12.3. The third-order valence-corrected chi connectivity index (χ3v) is 1.39. The van der Waals surface area contributed by atoms with Gasteiger partial charge in [-0.25, -0.2) is 4.79 Å². The van der Waals surface area contributed by atoms with E-state index in [1.54, 1.807) is 10.9 Å². The molecule has 4 nitrogen and oxygen atoms in total. The Bertz CT molecular complexity index is 302. The molecule has 1 rings (SSSR count). The van der Waals surface area contributed by atoms with Crippen molar-refractivity contribution in [3.05, 3.63) is 30.1 Å². The number of hydrogen-bond donors (Lipinski definition) is 1. The molecule has 0 amide bonds. The van der Waals surface area contributed by atoms with Crippen LogP contribution in [0.25, 0.3) is 0 Å². The molecule has 0 aliphatic heterocycles. The Morgan fingerprint density at radius 2 is 2.58 bits per heavy atom. The van der Waals surface area contributed by atoms with Gasteiger partial charge in [0.05, 0.1) is 6.54 Å². The van der Waals surface area contributed by atoms with Gasteiger partial charge in [0, 0.05) is 6.20 Å². The minimum atomic E-state index is -0.991. The van der Waals surface area contributed by atoms with Crippen LogP contribution >= 0.6 is 0 Å². The van der Waals surface area contributed by atoms with Gasteiger partial charge in [0.15, 0.2) is 5.69 Å². The van der Waals surface area contributed by atoms with Crippen LogP contribution in [0.4, 0.5) is 0 Å². The average Bonchev–Trinajstić information content (AvgIpc) is 2.48. The van der Waals surface area contributed by atoms with Gasteiger partial charge in [0.1, 0.15) is 0 Å². The number of carbonyl (C=O) groups is 1. The van der Waals surface area contributed by atoms with Gasteiger partial charge in [-0.15, -0.1) is 0 Å². The van der Waals surface area contributed by atoms with Crippen LogP contribution < -0.4 is 0 Å². The van der Waals surface area contributed by atoms with Crippen LogP contribution in [-0.2, 0) is 6.54 Å². The Morgan fingerprint density at radius 3 is 3.08 bits per heavy atom. The molecule has 64 valence electrons. The number of aromatic nitrogens is 2. The van der Waals surface area contributed by atoms with Crippen molar-refractivity contribution in [3.63, 3.8) is 0 Å². The van der Waals surface area contributed by atoms with Crippen LogP contribution in [-0.4, -0.2) is 20.9 Å². The lowest BCUT2D eigenvalue weighted by molar-refractivity contribution is 0.0689. The summed E-state index contributed by atoms with van der Waals surface area (Å²) < 4.78 is 1.57. The molecule has 0 saturated heterocycles. The molecule has 12 heavy (non-hydrogen) atoms. The molecule has 0 radical (unpaired) electrons. The van der Waals surface area contributed by atoms with Crippen molar-refractivity contribution in [3.8, 4) is 0 Å². The summed E-state index contributed by atoms with van der Waals surface area (Å²) in [6.45, 7) is 2.52. The zero-order valence-electron chi connectivity index (χ0n) is 6.77. The zero-order chi connectivity index (χ0) is 8.97. The molecule has 1 heterocycles. The molecule has 1 aromatic heterocycles. The molecule has 0 aliphatic carbocycles. The molecule has 1 N–H and O–H groups in total. The molecule has 0 aromatic carbocycles. The third kappa shape index (κ3) is 1.95. The van der Waals surface area contributed by atoms with Crippen molar-refractivity contribution in [2.24, 2.45) is 0 Å². The summed E-state index contributed by atoms with van der Waals surface area (Å²) in [4.78, 5) is 10.4. The lowest BCUT2D eigenvalue weighted by Crippen LogP contribution is -2.01. The number of nitrogens with zero attached hydrogens (tertiary/aromatic N) is 2. The predicted octanol–water partition coefficient (Wildman–Crippen LogP) is 1.16. The number of aromatic carboxylic acids is 1. The normalized spacial score (nSPS) is 10.8. The molecule has 4 heteroatoms. The van der Waals surface area contributed by atoms with Gasteiger partial charge < -0.3 is 5.11 Å². The Morgan fingerprint density at radius 1 is 1.83 bits per heavy atom. The van der Waals surface area contributed by atoms with E-state index in [0.717, 1.165) is 0 Å². The molecular weight excluding hydrogens is 156 g/mol. The number of carboxylic acid groups (broad SMARTS) is 1. The number of hydrogen-bond acceptors (Lipinski definition) is 2. The van der Waals surface area contributed by atoms with Gasteiger partial charge in [-0.05, 0) is 13.0 Å². The van der Waals surface area contributed by atoms with E-state index in [4.69, 9.17) is 5.11 Å². The molecule has 0 fully saturated rings. The van der Waals surface area contributed by atoms with E-state index in [9.17, 15) is 4.79 Å². The summed E-state index contributed by atoms with van der Waals surface area (Å²) in [6, 6.07) is 1.48. The second kappa shape index (κ2) is 3.71. The second-order valence-corrected chi connectivity index (χ2v) is 2.30. The van der Waals surface area contributed by atoms with Crippen molar-refractivity contribution in [2.75, 3.05) is 0 Å². The fourth-order valence-electron chi connectivity index (χ4n) is 0.791. The largest absolute Gasteiger partial charge is 0.476 e. The van der Waals surface area contributed by atoms with E-state index >= 15 is 0 Å². The van der Waals surface area contributed by atoms with E-state index in [1.165, 1.54) is 6.07 Å². The van der Waals surface area contributed by atoms with E-state index in [-0.39, 0.29) is 5.69 Å². The van der Waals surface area contributed by atoms with Gasteiger partial charge in [0.2, 0.25) is 0 Å². The van der Waals surface area contributed by atoms with Crippen molar-refractivity contribution in [1.82, 2.24) is 9.78 Å². The first-order valence-electron chi connectivity index (χ1n) is 3.62. The van der Waals surface area contributed by atoms with Gasteiger partial charge in [0.25, 0.3) is 0 Å². The maximum atomic E-state index is 10.4. The van der Waals surface area contributed by atoms with Crippen molar-refractivity contribution < 1.29 is 9.90 Å². The first-order chi connectivity index (χ1) is 5.74. The summed E-state index contributed by atoms with van der Waals surface area (Å²) in [7, 11) is 0. The van der Waals surface area contributed by atoms with Gasteiger partial charge in [-0.1, -0.05) is 12.2 Å². The zero-order valence-corrected chi connectivity index (χ0v) is 6.77. The van der Waals surface area contributed by atoms with E-state index in [2.05, 4.69) is 5.10 Å². The quantitative estimate of drug-likeness (QED) is 0.685. The van der Waals surface area contributed by atoms with Gasteiger partial charge in [-0.2, -0.15) is 5.10 Å².